The van der Waals surface area contributed by atoms with Gasteiger partial charge < -0.3 is 10.2 Å². The van der Waals surface area contributed by atoms with Crippen LogP contribution in [0.5, 0.6) is 0 Å². The number of pyridine rings is 1. The molecule has 2 amide bonds. The highest BCUT2D eigenvalue weighted by Crippen LogP contribution is 2.32. The number of aromatic nitrogens is 1. The molecule has 0 saturated carbocycles. The lowest BCUT2D eigenvalue weighted by atomic mass is 10.0. The number of benzene rings is 2. The number of hydrogen-bond acceptors (Lipinski definition) is 3. The van der Waals surface area contributed by atoms with E-state index in [-0.39, 0.29) is 11.8 Å². The molecular weight excluding hydrogens is 410 g/mol. The van der Waals surface area contributed by atoms with Crippen LogP contribution >= 0.6 is 11.6 Å². The van der Waals surface area contributed by atoms with E-state index in [0.29, 0.717) is 34.9 Å². The van der Waals surface area contributed by atoms with Crippen molar-refractivity contribution in [2.75, 3.05) is 16.8 Å². The molecule has 1 fully saturated rings. The van der Waals surface area contributed by atoms with Crippen molar-refractivity contribution in [3.63, 3.8) is 0 Å². The van der Waals surface area contributed by atoms with Gasteiger partial charge in [-0.3, -0.25) is 14.6 Å². The number of rotatable bonds is 3. The van der Waals surface area contributed by atoms with E-state index in [9.17, 15) is 9.59 Å². The van der Waals surface area contributed by atoms with Gasteiger partial charge in [-0.2, -0.15) is 0 Å². The third-order valence-electron chi connectivity index (χ3n) is 5.07. The van der Waals surface area contributed by atoms with E-state index in [1.165, 1.54) is 0 Å². The van der Waals surface area contributed by atoms with Gasteiger partial charge in [-0.1, -0.05) is 29.5 Å². The molecule has 154 valence electrons. The second kappa shape index (κ2) is 9.03. The molecule has 0 atom stereocenters. The molecule has 31 heavy (non-hydrogen) atoms. The third-order valence-corrected chi connectivity index (χ3v) is 5.31. The van der Waals surface area contributed by atoms with Gasteiger partial charge in [-0.05, 0) is 61.4 Å². The SMILES string of the molecule is Cc1ccc(C(=O)Nc2ccc(Cl)cc2N2CCCC2=O)cc1C#Cc1cccnc1. The van der Waals surface area contributed by atoms with Crippen LogP contribution in [0.25, 0.3) is 0 Å². The zero-order chi connectivity index (χ0) is 21.8. The number of carbonyl (C=O) groups excluding carboxylic acids is 2. The van der Waals surface area contributed by atoms with E-state index >= 15 is 0 Å². The summed E-state index contributed by atoms with van der Waals surface area (Å²) in [4.78, 5) is 30.9. The molecule has 1 aliphatic rings. The number of hydrogen-bond donors (Lipinski definition) is 1. The lowest BCUT2D eigenvalue weighted by Gasteiger charge is -2.20. The smallest absolute Gasteiger partial charge is 0.255 e. The number of halogens is 1. The van der Waals surface area contributed by atoms with Crippen molar-refractivity contribution in [2.24, 2.45) is 0 Å². The van der Waals surface area contributed by atoms with Crippen molar-refractivity contribution in [3.05, 3.63) is 88.2 Å². The molecule has 0 bridgehead atoms. The zero-order valence-corrected chi connectivity index (χ0v) is 17.7. The van der Waals surface area contributed by atoms with Gasteiger partial charge >= 0.3 is 0 Å². The Kier molecular flexibility index (Phi) is 6.01. The van der Waals surface area contributed by atoms with Crippen LogP contribution in [-0.2, 0) is 4.79 Å². The van der Waals surface area contributed by atoms with E-state index in [1.54, 1.807) is 47.6 Å². The summed E-state index contributed by atoms with van der Waals surface area (Å²) in [5, 5.41) is 3.43. The molecule has 0 spiro atoms. The normalized spacial score (nSPS) is 13.0. The number of nitrogens with one attached hydrogen (secondary N) is 1. The number of aryl methyl sites for hydroxylation is 1. The summed E-state index contributed by atoms with van der Waals surface area (Å²) in [7, 11) is 0. The average Bonchev–Trinajstić information content (AvgIpc) is 3.20. The minimum Gasteiger partial charge on any atom is -0.320 e. The first-order valence-electron chi connectivity index (χ1n) is 9.95. The fraction of sp³-hybridized carbons (Fsp3) is 0.160. The molecule has 0 unspecified atom stereocenters. The van der Waals surface area contributed by atoms with E-state index in [2.05, 4.69) is 22.1 Å². The van der Waals surface area contributed by atoms with Crippen molar-refractivity contribution in [2.45, 2.75) is 19.8 Å². The predicted molar refractivity (Wildman–Crippen MR) is 122 cm³/mol. The number of nitrogens with zero attached hydrogens (tertiary/aromatic N) is 2. The van der Waals surface area contributed by atoms with Crippen LogP contribution in [0.1, 0.15) is 39.9 Å². The molecule has 1 N–H and O–H groups in total. The molecule has 3 aromatic rings. The van der Waals surface area contributed by atoms with E-state index < -0.39 is 0 Å². The first kappa shape index (κ1) is 20.6. The highest BCUT2D eigenvalue weighted by molar-refractivity contribution is 6.31. The Morgan fingerprint density at radius 3 is 2.77 bits per heavy atom. The van der Waals surface area contributed by atoms with Crippen LogP contribution < -0.4 is 10.2 Å². The summed E-state index contributed by atoms with van der Waals surface area (Å²) in [6.07, 6.45) is 4.68. The zero-order valence-electron chi connectivity index (χ0n) is 17.0. The summed E-state index contributed by atoms with van der Waals surface area (Å²) in [6, 6.07) is 14.2. The molecule has 1 saturated heterocycles. The molecule has 4 rings (SSSR count). The predicted octanol–water partition coefficient (Wildman–Crippen LogP) is 4.82. The van der Waals surface area contributed by atoms with Crippen LogP contribution in [-0.4, -0.2) is 23.3 Å². The number of anilines is 2. The molecule has 2 aromatic carbocycles. The van der Waals surface area contributed by atoms with Crippen molar-refractivity contribution in [3.8, 4) is 11.8 Å². The topological polar surface area (TPSA) is 62.3 Å². The lowest BCUT2D eigenvalue weighted by Crippen LogP contribution is -2.25. The Labute approximate surface area is 186 Å². The molecule has 1 aliphatic heterocycles. The second-order valence-electron chi connectivity index (χ2n) is 7.29. The van der Waals surface area contributed by atoms with E-state index in [1.807, 2.05) is 25.1 Å². The Morgan fingerprint density at radius 2 is 2.03 bits per heavy atom. The van der Waals surface area contributed by atoms with Gasteiger partial charge in [0.25, 0.3) is 5.91 Å². The van der Waals surface area contributed by atoms with Gasteiger partial charge in [-0.15, -0.1) is 0 Å². The first-order valence-corrected chi connectivity index (χ1v) is 10.3. The summed E-state index contributed by atoms with van der Waals surface area (Å²) in [5.74, 6) is 5.94. The highest BCUT2D eigenvalue weighted by atomic mass is 35.5. The number of carbonyl (C=O) groups is 2. The van der Waals surface area contributed by atoms with Crippen molar-refractivity contribution < 1.29 is 9.59 Å². The lowest BCUT2D eigenvalue weighted by molar-refractivity contribution is -0.117. The Bertz CT molecular complexity index is 1210. The summed E-state index contributed by atoms with van der Waals surface area (Å²) in [5.41, 5.74) is 4.19. The quantitative estimate of drug-likeness (QED) is 0.607. The van der Waals surface area contributed by atoms with Gasteiger partial charge in [0.15, 0.2) is 0 Å². The van der Waals surface area contributed by atoms with E-state index in [4.69, 9.17) is 11.6 Å². The maximum absolute atomic E-state index is 13.0. The van der Waals surface area contributed by atoms with Gasteiger partial charge in [0, 0.05) is 47.1 Å². The standard InChI is InChI=1S/C25H20ClN3O2/c1-17-6-8-20(14-19(17)9-7-18-4-2-12-27-16-18)25(31)28-22-11-10-21(26)15-23(22)29-13-3-5-24(29)30/h2,4,6,8,10-12,14-16H,3,5,13H2,1H3,(H,28,31). The van der Waals surface area contributed by atoms with Gasteiger partial charge in [0.2, 0.25) is 5.91 Å². The Morgan fingerprint density at radius 1 is 1.16 bits per heavy atom. The highest BCUT2D eigenvalue weighted by Gasteiger charge is 2.25. The van der Waals surface area contributed by atoms with Crippen molar-refractivity contribution in [1.82, 2.24) is 4.98 Å². The molecule has 0 radical (unpaired) electrons. The minimum absolute atomic E-state index is 0.0288. The molecular formula is C25H20ClN3O2. The van der Waals surface area contributed by atoms with Gasteiger partial charge in [0.1, 0.15) is 0 Å². The largest absolute Gasteiger partial charge is 0.320 e. The first-order chi connectivity index (χ1) is 15.0. The van der Waals surface area contributed by atoms with Gasteiger partial charge in [-0.25, -0.2) is 0 Å². The maximum atomic E-state index is 13.0. The summed E-state index contributed by atoms with van der Waals surface area (Å²) in [6.45, 7) is 2.56. The van der Waals surface area contributed by atoms with Crippen molar-refractivity contribution in [1.29, 1.82) is 0 Å². The van der Waals surface area contributed by atoms with Crippen LogP contribution in [0, 0.1) is 18.8 Å². The van der Waals surface area contributed by atoms with Crippen LogP contribution in [0.15, 0.2) is 60.9 Å². The molecule has 0 aliphatic carbocycles. The van der Waals surface area contributed by atoms with E-state index in [0.717, 1.165) is 23.1 Å². The minimum atomic E-state index is -0.278. The summed E-state index contributed by atoms with van der Waals surface area (Å²) < 4.78 is 0. The van der Waals surface area contributed by atoms with Crippen LogP contribution in [0.3, 0.4) is 0 Å². The fourth-order valence-electron chi connectivity index (χ4n) is 3.41. The Hall–Kier alpha value is -3.62. The third kappa shape index (κ3) is 4.76. The van der Waals surface area contributed by atoms with Gasteiger partial charge in [0.05, 0.1) is 11.4 Å². The average molecular weight is 430 g/mol. The molecule has 1 aromatic heterocycles. The van der Waals surface area contributed by atoms with Crippen molar-refractivity contribution >= 4 is 34.8 Å². The van der Waals surface area contributed by atoms with Crippen LogP contribution in [0.2, 0.25) is 5.02 Å². The summed E-state index contributed by atoms with van der Waals surface area (Å²) >= 11 is 6.15. The second-order valence-corrected chi connectivity index (χ2v) is 7.72. The molecule has 2 heterocycles. The number of amides is 2. The monoisotopic (exact) mass is 429 g/mol. The Balaban J connectivity index is 1.60. The molecule has 5 nitrogen and oxygen atoms in total. The molecule has 6 heteroatoms. The fourth-order valence-corrected chi connectivity index (χ4v) is 3.57. The maximum Gasteiger partial charge on any atom is 0.255 e. The van der Waals surface area contributed by atoms with Crippen LogP contribution in [0.4, 0.5) is 11.4 Å².